The van der Waals surface area contributed by atoms with Gasteiger partial charge in [0, 0.05) is 18.2 Å². The highest BCUT2D eigenvalue weighted by Crippen LogP contribution is 2.25. The Morgan fingerprint density at radius 3 is 2.79 bits per heavy atom. The van der Waals surface area contributed by atoms with Crippen LogP contribution in [0.3, 0.4) is 0 Å². The number of phenols is 1. The number of aromatic hydroxyl groups is 1. The van der Waals surface area contributed by atoms with Gasteiger partial charge in [-0.3, -0.25) is 9.59 Å². The molecule has 1 unspecified atom stereocenters. The Labute approximate surface area is 111 Å². The van der Waals surface area contributed by atoms with Gasteiger partial charge in [-0.1, -0.05) is 0 Å². The smallest absolute Gasteiger partial charge is 0.305 e. The SMILES string of the molecule is Cc1cc(O)ccc1C(=O)N1CCCC1CC(=O)O. The molecule has 2 N–H and O–H groups in total. The van der Waals surface area contributed by atoms with Gasteiger partial charge in [-0.25, -0.2) is 0 Å². The van der Waals surface area contributed by atoms with E-state index in [1.807, 2.05) is 0 Å². The minimum atomic E-state index is -0.882. The number of nitrogens with zero attached hydrogens (tertiary/aromatic N) is 1. The molecule has 1 aromatic carbocycles. The van der Waals surface area contributed by atoms with Crippen LogP contribution < -0.4 is 0 Å². The Morgan fingerprint density at radius 1 is 1.42 bits per heavy atom. The lowest BCUT2D eigenvalue weighted by Crippen LogP contribution is -2.37. The number of aryl methyl sites for hydroxylation is 1. The normalized spacial score (nSPS) is 18.6. The molecule has 19 heavy (non-hydrogen) atoms. The van der Waals surface area contributed by atoms with Crippen molar-refractivity contribution in [1.29, 1.82) is 0 Å². The second kappa shape index (κ2) is 5.30. The number of carbonyl (C=O) groups is 2. The van der Waals surface area contributed by atoms with Crippen molar-refractivity contribution in [3.63, 3.8) is 0 Å². The van der Waals surface area contributed by atoms with Crippen molar-refractivity contribution in [3.8, 4) is 5.75 Å². The summed E-state index contributed by atoms with van der Waals surface area (Å²) < 4.78 is 0. The monoisotopic (exact) mass is 263 g/mol. The maximum atomic E-state index is 12.4. The van der Waals surface area contributed by atoms with Crippen LogP contribution in [-0.2, 0) is 4.79 Å². The zero-order chi connectivity index (χ0) is 14.0. The van der Waals surface area contributed by atoms with Gasteiger partial charge >= 0.3 is 5.97 Å². The molecule has 1 amide bonds. The van der Waals surface area contributed by atoms with Crippen molar-refractivity contribution >= 4 is 11.9 Å². The maximum absolute atomic E-state index is 12.4. The summed E-state index contributed by atoms with van der Waals surface area (Å²) >= 11 is 0. The fourth-order valence-electron chi connectivity index (χ4n) is 2.56. The average molecular weight is 263 g/mol. The Balaban J connectivity index is 2.20. The zero-order valence-electron chi connectivity index (χ0n) is 10.8. The summed E-state index contributed by atoms with van der Waals surface area (Å²) in [6.45, 7) is 2.35. The summed E-state index contributed by atoms with van der Waals surface area (Å²) in [5.74, 6) is -0.911. The molecule has 1 aromatic rings. The molecule has 0 spiro atoms. The highest BCUT2D eigenvalue weighted by atomic mass is 16.4. The maximum Gasteiger partial charge on any atom is 0.305 e. The minimum absolute atomic E-state index is 0.0110. The molecule has 0 radical (unpaired) electrons. The molecule has 1 fully saturated rings. The minimum Gasteiger partial charge on any atom is -0.508 e. The zero-order valence-corrected chi connectivity index (χ0v) is 10.8. The number of carbonyl (C=O) groups excluding carboxylic acids is 1. The first-order chi connectivity index (χ1) is 8.99. The van der Waals surface area contributed by atoms with Crippen molar-refractivity contribution in [2.45, 2.75) is 32.2 Å². The van der Waals surface area contributed by atoms with Gasteiger partial charge in [0.15, 0.2) is 0 Å². The number of amides is 1. The summed E-state index contributed by atoms with van der Waals surface area (Å²) in [5.41, 5.74) is 1.22. The molecule has 0 saturated carbocycles. The topological polar surface area (TPSA) is 77.8 Å². The number of phenolic OH excluding ortho intramolecular Hbond substituents is 1. The van der Waals surface area contributed by atoms with Gasteiger partial charge in [0.2, 0.25) is 0 Å². The van der Waals surface area contributed by atoms with Gasteiger partial charge in [-0.15, -0.1) is 0 Å². The molecule has 1 heterocycles. The van der Waals surface area contributed by atoms with Crippen molar-refractivity contribution in [1.82, 2.24) is 4.90 Å². The van der Waals surface area contributed by atoms with Gasteiger partial charge in [-0.05, 0) is 43.5 Å². The van der Waals surface area contributed by atoms with Gasteiger partial charge < -0.3 is 15.1 Å². The number of carboxylic acids is 1. The largest absolute Gasteiger partial charge is 0.508 e. The predicted molar refractivity (Wildman–Crippen MR) is 69.2 cm³/mol. The van der Waals surface area contributed by atoms with Crippen LogP contribution >= 0.6 is 0 Å². The molecule has 5 nitrogen and oxygen atoms in total. The molecule has 102 valence electrons. The van der Waals surface area contributed by atoms with Gasteiger partial charge in [-0.2, -0.15) is 0 Å². The molecule has 2 rings (SSSR count). The average Bonchev–Trinajstić information content (AvgIpc) is 2.75. The summed E-state index contributed by atoms with van der Waals surface area (Å²) in [5, 5.41) is 18.2. The van der Waals surface area contributed by atoms with E-state index in [0.717, 1.165) is 12.8 Å². The Kier molecular flexibility index (Phi) is 3.74. The molecule has 1 aliphatic rings. The van der Waals surface area contributed by atoms with E-state index in [9.17, 15) is 14.7 Å². The van der Waals surface area contributed by atoms with Crippen LogP contribution in [0, 0.1) is 6.92 Å². The fourth-order valence-corrected chi connectivity index (χ4v) is 2.56. The number of benzene rings is 1. The van der Waals surface area contributed by atoms with E-state index in [0.29, 0.717) is 17.7 Å². The summed E-state index contributed by atoms with van der Waals surface area (Å²) in [6.07, 6.45) is 1.55. The van der Waals surface area contributed by atoms with Crippen LogP contribution in [-0.4, -0.2) is 39.6 Å². The molecular weight excluding hydrogens is 246 g/mol. The van der Waals surface area contributed by atoms with Crippen LogP contribution in [0.25, 0.3) is 0 Å². The molecule has 0 bridgehead atoms. The number of hydrogen-bond donors (Lipinski definition) is 2. The highest BCUT2D eigenvalue weighted by molar-refractivity contribution is 5.96. The van der Waals surface area contributed by atoms with Gasteiger partial charge in [0.1, 0.15) is 5.75 Å². The molecule has 0 aromatic heterocycles. The van der Waals surface area contributed by atoms with Crippen molar-refractivity contribution in [3.05, 3.63) is 29.3 Å². The number of rotatable bonds is 3. The third-order valence-corrected chi connectivity index (χ3v) is 3.49. The number of hydrogen-bond acceptors (Lipinski definition) is 3. The first kappa shape index (κ1) is 13.4. The van der Waals surface area contributed by atoms with Crippen LogP contribution in [0.1, 0.15) is 35.2 Å². The van der Waals surface area contributed by atoms with E-state index < -0.39 is 5.97 Å². The van der Waals surface area contributed by atoms with E-state index in [2.05, 4.69) is 0 Å². The standard InChI is InChI=1S/C14H17NO4/c1-9-7-11(16)4-5-12(9)14(19)15-6-2-3-10(15)8-13(17)18/h4-5,7,10,16H,2-3,6,8H2,1H3,(H,17,18). The second-order valence-electron chi connectivity index (χ2n) is 4.89. The molecule has 1 saturated heterocycles. The van der Waals surface area contributed by atoms with Crippen molar-refractivity contribution in [2.24, 2.45) is 0 Å². The lowest BCUT2D eigenvalue weighted by Gasteiger charge is -2.24. The van der Waals surface area contributed by atoms with Crippen LogP contribution in [0.15, 0.2) is 18.2 Å². The fraction of sp³-hybridized carbons (Fsp3) is 0.429. The summed E-state index contributed by atoms with van der Waals surface area (Å²) in [6, 6.07) is 4.37. The predicted octanol–water partition coefficient (Wildman–Crippen LogP) is 1.78. The van der Waals surface area contributed by atoms with Crippen LogP contribution in [0.5, 0.6) is 5.75 Å². The third-order valence-electron chi connectivity index (χ3n) is 3.49. The van der Waals surface area contributed by atoms with E-state index >= 15 is 0 Å². The first-order valence-corrected chi connectivity index (χ1v) is 6.31. The second-order valence-corrected chi connectivity index (χ2v) is 4.89. The molecular formula is C14H17NO4. The number of aliphatic carboxylic acids is 1. The van der Waals surface area contributed by atoms with Crippen LogP contribution in [0.2, 0.25) is 0 Å². The quantitative estimate of drug-likeness (QED) is 0.871. The van der Waals surface area contributed by atoms with Crippen molar-refractivity contribution in [2.75, 3.05) is 6.54 Å². The Hall–Kier alpha value is -2.04. The lowest BCUT2D eigenvalue weighted by atomic mass is 10.1. The third kappa shape index (κ3) is 2.86. The van der Waals surface area contributed by atoms with E-state index in [4.69, 9.17) is 5.11 Å². The van der Waals surface area contributed by atoms with Crippen molar-refractivity contribution < 1.29 is 19.8 Å². The lowest BCUT2D eigenvalue weighted by molar-refractivity contribution is -0.137. The molecule has 1 atom stereocenters. The number of likely N-dealkylation sites (tertiary alicyclic amines) is 1. The summed E-state index contributed by atoms with van der Waals surface area (Å²) in [4.78, 5) is 24.9. The molecule has 1 aliphatic heterocycles. The first-order valence-electron chi connectivity index (χ1n) is 6.31. The van der Waals surface area contributed by atoms with E-state index in [-0.39, 0.29) is 24.1 Å². The highest BCUT2D eigenvalue weighted by Gasteiger charge is 2.31. The molecule has 5 heteroatoms. The van der Waals surface area contributed by atoms with Gasteiger partial charge in [0.05, 0.1) is 6.42 Å². The van der Waals surface area contributed by atoms with E-state index in [1.165, 1.54) is 12.1 Å². The Bertz CT molecular complexity index is 512. The number of carboxylic acid groups (broad SMARTS) is 1. The summed E-state index contributed by atoms with van der Waals surface area (Å²) in [7, 11) is 0. The molecule has 0 aliphatic carbocycles. The Morgan fingerprint density at radius 2 is 2.16 bits per heavy atom. The van der Waals surface area contributed by atoms with E-state index in [1.54, 1.807) is 17.9 Å². The van der Waals surface area contributed by atoms with Gasteiger partial charge in [0.25, 0.3) is 5.91 Å². The van der Waals surface area contributed by atoms with Crippen LogP contribution in [0.4, 0.5) is 0 Å².